The van der Waals surface area contributed by atoms with Gasteiger partial charge in [0.1, 0.15) is 0 Å². The second kappa shape index (κ2) is 7.92. The highest BCUT2D eigenvalue weighted by Gasteiger charge is 2.24. The van der Waals surface area contributed by atoms with Crippen LogP contribution in [0.4, 0.5) is 10.5 Å². The Kier molecular flexibility index (Phi) is 5.66. The highest BCUT2D eigenvalue weighted by molar-refractivity contribution is 7.99. The van der Waals surface area contributed by atoms with Crippen molar-refractivity contribution >= 4 is 29.4 Å². The summed E-state index contributed by atoms with van der Waals surface area (Å²) in [6.07, 6.45) is 3.14. The number of thioether (sulfide) groups is 1. The van der Waals surface area contributed by atoms with E-state index in [1.165, 1.54) is 0 Å². The zero-order chi connectivity index (χ0) is 16.9. The zero-order valence-corrected chi connectivity index (χ0v) is 15.0. The van der Waals surface area contributed by atoms with Gasteiger partial charge >= 0.3 is 6.03 Å². The topological polar surface area (TPSA) is 52.7 Å². The number of likely N-dealkylation sites (tertiary alicyclic amines) is 1. The molecule has 3 amide bonds. The van der Waals surface area contributed by atoms with Gasteiger partial charge in [-0.25, -0.2) is 4.79 Å². The summed E-state index contributed by atoms with van der Waals surface area (Å²) in [5, 5.41) is 3.01. The number of amides is 3. The van der Waals surface area contributed by atoms with Gasteiger partial charge in [-0.1, -0.05) is 12.1 Å². The van der Waals surface area contributed by atoms with Crippen molar-refractivity contribution in [2.75, 3.05) is 43.0 Å². The number of para-hydroxylation sites is 1. The second-order valence-electron chi connectivity index (χ2n) is 6.38. The molecule has 6 heteroatoms. The smallest absolute Gasteiger partial charge is 0.321 e. The van der Waals surface area contributed by atoms with Crippen molar-refractivity contribution in [3.8, 4) is 0 Å². The van der Waals surface area contributed by atoms with Crippen molar-refractivity contribution in [1.29, 1.82) is 0 Å². The summed E-state index contributed by atoms with van der Waals surface area (Å²) in [6, 6.07) is 5.55. The molecule has 1 aromatic rings. The summed E-state index contributed by atoms with van der Waals surface area (Å²) in [5.41, 5.74) is 2.20. The Morgan fingerprint density at radius 1 is 1.00 bits per heavy atom. The minimum atomic E-state index is -0.0951. The predicted octanol–water partition coefficient (Wildman–Crippen LogP) is 3.20. The van der Waals surface area contributed by atoms with Gasteiger partial charge < -0.3 is 15.1 Å². The van der Waals surface area contributed by atoms with E-state index in [9.17, 15) is 9.59 Å². The SMILES string of the molecule is Cc1cccc(C(=O)N2CCCC2)c1NC(=O)N1CCCSCC1. The van der Waals surface area contributed by atoms with Gasteiger partial charge in [0.2, 0.25) is 0 Å². The normalized spacial score (nSPS) is 18.4. The maximum atomic E-state index is 12.8. The Hall–Kier alpha value is -1.69. The number of rotatable bonds is 2. The molecular weight excluding hydrogens is 322 g/mol. The summed E-state index contributed by atoms with van der Waals surface area (Å²) >= 11 is 1.89. The first-order valence-corrected chi connectivity index (χ1v) is 9.85. The van der Waals surface area contributed by atoms with E-state index < -0.39 is 0 Å². The average Bonchev–Trinajstić information content (AvgIpc) is 2.98. The highest BCUT2D eigenvalue weighted by Crippen LogP contribution is 2.24. The molecule has 0 atom stereocenters. The van der Waals surface area contributed by atoms with Gasteiger partial charge in [-0.05, 0) is 43.6 Å². The van der Waals surface area contributed by atoms with E-state index in [0.29, 0.717) is 11.3 Å². The molecule has 2 heterocycles. The van der Waals surface area contributed by atoms with Crippen molar-refractivity contribution in [3.05, 3.63) is 29.3 Å². The lowest BCUT2D eigenvalue weighted by molar-refractivity contribution is 0.0793. The van der Waals surface area contributed by atoms with Crippen LogP contribution >= 0.6 is 11.8 Å². The summed E-state index contributed by atoms with van der Waals surface area (Å²) < 4.78 is 0. The summed E-state index contributed by atoms with van der Waals surface area (Å²) in [5.74, 6) is 2.10. The van der Waals surface area contributed by atoms with Crippen LogP contribution in [0.5, 0.6) is 0 Å². The molecule has 1 N–H and O–H groups in total. The van der Waals surface area contributed by atoms with Crippen molar-refractivity contribution in [1.82, 2.24) is 9.80 Å². The molecule has 1 aromatic carbocycles. The number of aryl methyl sites for hydroxylation is 1. The highest BCUT2D eigenvalue weighted by atomic mass is 32.2. The van der Waals surface area contributed by atoms with E-state index in [4.69, 9.17) is 0 Å². The fraction of sp³-hybridized carbons (Fsp3) is 0.556. The number of carbonyl (C=O) groups is 2. The van der Waals surface area contributed by atoms with Crippen LogP contribution in [0.3, 0.4) is 0 Å². The maximum Gasteiger partial charge on any atom is 0.321 e. The largest absolute Gasteiger partial charge is 0.339 e. The minimum absolute atomic E-state index is 0.0259. The zero-order valence-electron chi connectivity index (χ0n) is 14.2. The average molecular weight is 347 g/mol. The van der Waals surface area contributed by atoms with E-state index in [1.807, 2.05) is 46.7 Å². The van der Waals surface area contributed by atoms with E-state index in [0.717, 1.165) is 62.5 Å². The quantitative estimate of drug-likeness (QED) is 0.894. The molecule has 5 nitrogen and oxygen atoms in total. The molecule has 0 spiro atoms. The van der Waals surface area contributed by atoms with Crippen molar-refractivity contribution in [2.24, 2.45) is 0 Å². The monoisotopic (exact) mass is 347 g/mol. The van der Waals surface area contributed by atoms with Crippen LogP contribution in [0, 0.1) is 6.92 Å². The van der Waals surface area contributed by atoms with E-state index in [2.05, 4.69) is 5.32 Å². The van der Waals surface area contributed by atoms with Gasteiger partial charge in [0, 0.05) is 31.9 Å². The Morgan fingerprint density at radius 2 is 1.75 bits per heavy atom. The molecule has 2 fully saturated rings. The van der Waals surface area contributed by atoms with Crippen LogP contribution < -0.4 is 5.32 Å². The Bertz CT molecular complexity index is 606. The molecule has 2 aliphatic rings. The van der Waals surface area contributed by atoms with Crippen LogP contribution in [0.1, 0.15) is 35.2 Å². The van der Waals surface area contributed by atoms with Gasteiger partial charge in [0.25, 0.3) is 5.91 Å². The van der Waals surface area contributed by atoms with Gasteiger partial charge in [-0.3, -0.25) is 4.79 Å². The molecule has 0 aromatic heterocycles. The fourth-order valence-electron chi connectivity index (χ4n) is 3.24. The van der Waals surface area contributed by atoms with Crippen molar-refractivity contribution in [3.63, 3.8) is 0 Å². The molecule has 0 bridgehead atoms. The Morgan fingerprint density at radius 3 is 2.54 bits per heavy atom. The van der Waals surface area contributed by atoms with Crippen LogP contribution in [-0.4, -0.2) is 59.4 Å². The summed E-state index contributed by atoms with van der Waals surface area (Å²) in [6.45, 7) is 5.10. The third kappa shape index (κ3) is 3.86. The Balaban J connectivity index is 1.78. The van der Waals surface area contributed by atoms with Gasteiger partial charge in [0.15, 0.2) is 0 Å². The minimum Gasteiger partial charge on any atom is -0.339 e. The summed E-state index contributed by atoms with van der Waals surface area (Å²) in [4.78, 5) is 29.2. The van der Waals surface area contributed by atoms with Crippen LogP contribution in [0.2, 0.25) is 0 Å². The first-order chi connectivity index (χ1) is 11.7. The lowest BCUT2D eigenvalue weighted by Crippen LogP contribution is -2.37. The Labute approximate surface area is 147 Å². The van der Waals surface area contributed by atoms with Gasteiger partial charge in [-0.15, -0.1) is 0 Å². The van der Waals surface area contributed by atoms with E-state index in [-0.39, 0.29) is 11.9 Å². The van der Waals surface area contributed by atoms with Crippen LogP contribution in [0.25, 0.3) is 0 Å². The fourth-order valence-corrected chi connectivity index (χ4v) is 4.12. The van der Waals surface area contributed by atoms with Gasteiger partial charge in [0.05, 0.1) is 11.3 Å². The number of anilines is 1. The van der Waals surface area contributed by atoms with Crippen molar-refractivity contribution < 1.29 is 9.59 Å². The molecule has 0 saturated carbocycles. The molecule has 0 aliphatic carbocycles. The third-order valence-corrected chi connectivity index (χ3v) is 5.69. The molecule has 2 saturated heterocycles. The number of hydrogen-bond donors (Lipinski definition) is 1. The number of nitrogens with zero attached hydrogens (tertiary/aromatic N) is 2. The van der Waals surface area contributed by atoms with Crippen LogP contribution in [0.15, 0.2) is 18.2 Å². The van der Waals surface area contributed by atoms with Crippen LogP contribution in [-0.2, 0) is 0 Å². The lowest BCUT2D eigenvalue weighted by Gasteiger charge is -2.23. The van der Waals surface area contributed by atoms with Crippen molar-refractivity contribution in [2.45, 2.75) is 26.2 Å². The lowest BCUT2D eigenvalue weighted by atomic mass is 10.1. The first-order valence-electron chi connectivity index (χ1n) is 8.69. The predicted molar refractivity (Wildman–Crippen MR) is 98.9 cm³/mol. The second-order valence-corrected chi connectivity index (χ2v) is 7.60. The number of benzene rings is 1. The molecule has 0 unspecified atom stereocenters. The number of nitrogens with one attached hydrogen (secondary N) is 1. The third-order valence-electron chi connectivity index (χ3n) is 4.64. The molecular formula is C18H25N3O2S. The van der Waals surface area contributed by atoms with E-state index >= 15 is 0 Å². The number of hydrogen-bond acceptors (Lipinski definition) is 3. The molecule has 0 radical (unpaired) electrons. The summed E-state index contributed by atoms with van der Waals surface area (Å²) in [7, 11) is 0. The molecule has 130 valence electrons. The molecule has 2 aliphatic heterocycles. The number of carbonyl (C=O) groups excluding carboxylic acids is 2. The number of urea groups is 1. The van der Waals surface area contributed by atoms with Gasteiger partial charge in [-0.2, -0.15) is 11.8 Å². The molecule has 3 rings (SSSR count). The molecule has 24 heavy (non-hydrogen) atoms. The first kappa shape index (κ1) is 17.1. The maximum absolute atomic E-state index is 12.8. The standard InChI is InChI=1S/C18H25N3O2S/c1-14-6-4-7-15(17(22)20-8-2-3-9-20)16(14)19-18(23)21-10-5-12-24-13-11-21/h4,6-7H,2-3,5,8-13H2,1H3,(H,19,23). The van der Waals surface area contributed by atoms with E-state index in [1.54, 1.807) is 0 Å².